The Hall–Kier alpha value is -2.96. The molecule has 10 heteroatoms. The molecule has 8 nitrogen and oxygen atoms in total. The molecule has 0 unspecified atom stereocenters. The zero-order chi connectivity index (χ0) is 24.3. The molecule has 2 aliphatic rings. The molecule has 2 amide bonds. The van der Waals surface area contributed by atoms with Crippen molar-refractivity contribution in [3.8, 4) is 6.07 Å². The standard InChI is InChI=1S/C24H25ClN4O4S/c25-22-8-7-16(14-27-22)15-28-23(30)21-6-1-2-9-29(21)24(31)18-4-3-5-19(12-18)34(32,33)20-10-17(11-20)13-26/h3-5,7-8,12,14,17,20-21H,1-2,6,9-11,15H2,(H,28,30)/t17?,20?,21-/m1/s1. The highest BCUT2D eigenvalue weighted by molar-refractivity contribution is 7.92. The van der Waals surface area contributed by atoms with Crippen molar-refractivity contribution >= 4 is 33.3 Å². The van der Waals surface area contributed by atoms with Crippen molar-refractivity contribution in [1.82, 2.24) is 15.2 Å². The number of halogens is 1. The second kappa shape index (κ2) is 10.1. The van der Waals surface area contributed by atoms with Crippen molar-refractivity contribution in [2.45, 2.75) is 54.8 Å². The van der Waals surface area contributed by atoms with E-state index in [1.54, 1.807) is 30.5 Å². The Morgan fingerprint density at radius 3 is 2.71 bits per heavy atom. The summed E-state index contributed by atoms with van der Waals surface area (Å²) in [6.45, 7) is 0.684. The van der Waals surface area contributed by atoms with E-state index in [4.69, 9.17) is 16.9 Å². The number of rotatable bonds is 6. The molecule has 2 aromatic rings. The lowest BCUT2D eigenvalue weighted by atomic mass is 9.86. The smallest absolute Gasteiger partial charge is 0.254 e. The highest BCUT2D eigenvalue weighted by atomic mass is 35.5. The second-order valence-electron chi connectivity index (χ2n) is 8.71. The van der Waals surface area contributed by atoms with Gasteiger partial charge in [0.15, 0.2) is 9.84 Å². The average Bonchev–Trinajstić information content (AvgIpc) is 2.82. The van der Waals surface area contributed by atoms with Gasteiger partial charge < -0.3 is 10.2 Å². The number of aromatic nitrogens is 1. The van der Waals surface area contributed by atoms with Crippen molar-refractivity contribution in [2.75, 3.05) is 6.54 Å². The summed E-state index contributed by atoms with van der Waals surface area (Å²) in [7, 11) is -3.62. The maximum absolute atomic E-state index is 13.3. The van der Waals surface area contributed by atoms with Gasteiger partial charge in [0.2, 0.25) is 5.91 Å². The van der Waals surface area contributed by atoms with Gasteiger partial charge >= 0.3 is 0 Å². The van der Waals surface area contributed by atoms with E-state index in [0.29, 0.717) is 31.0 Å². The predicted molar refractivity (Wildman–Crippen MR) is 126 cm³/mol. The maximum atomic E-state index is 13.3. The van der Waals surface area contributed by atoms with Crippen molar-refractivity contribution < 1.29 is 18.0 Å². The van der Waals surface area contributed by atoms with E-state index in [2.05, 4.69) is 16.4 Å². The summed E-state index contributed by atoms with van der Waals surface area (Å²) in [5.41, 5.74) is 1.03. The van der Waals surface area contributed by atoms with Crippen LogP contribution in [0.1, 0.15) is 48.0 Å². The third kappa shape index (κ3) is 5.08. The van der Waals surface area contributed by atoms with Crippen LogP contribution < -0.4 is 5.32 Å². The number of nitrogens with zero attached hydrogens (tertiary/aromatic N) is 3. The molecule has 2 fully saturated rings. The van der Waals surface area contributed by atoms with E-state index < -0.39 is 21.1 Å². The summed E-state index contributed by atoms with van der Waals surface area (Å²) in [5.74, 6) is -0.863. The molecular weight excluding hydrogens is 476 g/mol. The van der Waals surface area contributed by atoms with E-state index >= 15 is 0 Å². The molecule has 2 heterocycles. The molecule has 0 spiro atoms. The van der Waals surface area contributed by atoms with Gasteiger partial charge in [0.1, 0.15) is 11.2 Å². The minimum absolute atomic E-state index is 0.0768. The number of hydrogen-bond donors (Lipinski definition) is 1. The lowest BCUT2D eigenvalue weighted by Gasteiger charge is -2.35. The van der Waals surface area contributed by atoms with Crippen LogP contribution in [0.3, 0.4) is 0 Å². The quantitative estimate of drug-likeness (QED) is 0.608. The van der Waals surface area contributed by atoms with Crippen molar-refractivity contribution in [3.05, 3.63) is 58.9 Å². The fraction of sp³-hybridized carbons (Fsp3) is 0.417. The van der Waals surface area contributed by atoms with Crippen LogP contribution in [0.5, 0.6) is 0 Å². The predicted octanol–water partition coefficient (Wildman–Crippen LogP) is 3.12. The van der Waals surface area contributed by atoms with Gasteiger partial charge in [-0.05, 0) is 61.9 Å². The van der Waals surface area contributed by atoms with E-state index in [1.807, 2.05) is 0 Å². The summed E-state index contributed by atoms with van der Waals surface area (Å²) in [5, 5.41) is 11.6. The van der Waals surface area contributed by atoms with Gasteiger partial charge in [0.25, 0.3) is 5.91 Å². The summed E-state index contributed by atoms with van der Waals surface area (Å²) in [6, 6.07) is 10.9. The van der Waals surface area contributed by atoms with Gasteiger partial charge in [0, 0.05) is 30.8 Å². The first kappa shape index (κ1) is 24.2. The molecule has 4 rings (SSSR count). The Labute approximate surface area is 203 Å². The first-order valence-electron chi connectivity index (χ1n) is 11.2. The number of piperidine rings is 1. The van der Waals surface area contributed by atoms with E-state index in [1.165, 1.54) is 17.0 Å². The number of likely N-dealkylation sites (tertiary alicyclic amines) is 1. The lowest BCUT2D eigenvalue weighted by Crippen LogP contribution is -2.51. The summed E-state index contributed by atoms with van der Waals surface area (Å²) in [6.07, 6.45) is 4.33. The number of carbonyl (C=O) groups is 2. The minimum atomic E-state index is -3.62. The van der Waals surface area contributed by atoms with Gasteiger partial charge in [0.05, 0.1) is 16.2 Å². The van der Waals surface area contributed by atoms with Gasteiger partial charge in [-0.3, -0.25) is 9.59 Å². The molecule has 0 radical (unpaired) electrons. The van der Waals surface area contributed by atoms with Crippen LogP contribution in [0, 0.1) is 17.2 Å². The third-order valence-electron chi connectivity index (χ3n) is 6.45. The van der Waals surface area contributed by atoms with E-state index in [-0.39, 0.29) is 34.7 Å². The molecule has 178 valence electrons. The zero-order valence-corrected chi connectivity index (χ0v) is 20.1. The monoisotopic (exact) mass is 500 g/mol. The molecule has 1 aliphatic carbocycles. The third-order valence-corrected chi connectivity index (χ3v) is 8.84. The zero-order valence-electron chi connectivity index (χ0n) is 18.5. The Morgan fingerprint density at radius 1 is 1.21 bits per heavy atom. The van der Waals surface area contributed by atoms with Gasteiger partial charge in [-0.15, -0.1) is 0 Å². The van der Waals surface area contributed by atoms with Gasteiger partial charge in [-0.1, -0.05) is 23.7 Å². The summed E-state index contributed by atoms with van der Waals surface area (Å²) >= 11 is 5.80. The molecular formula is C24H25ClN4O4S. The van der Waals surface area contributed by atoms with E-state index in [9.17, 15) is 18.0 Å². The van der Waals surface area contributed by atoms with Crippen LogP contribution in [0.4, 0.5) is 0 Å². The lowest BCUT2D eigenvalue weighted by molar-refractivity contribution is -0.126. The largest absolute Gasteiger partial charge is 0.350 e. The van der Waals surface area contributed by atoms with Crippen molar-refractivity contribution in [3.63, 3.8) is 0 Å². The number of nitriles is 1. The first-order chi connectivity index (χ1) is 16.3. The van der Waals surface area contributed by atoms with Gasteiger partial charge in [-0.25, -0.2) is 13.4 Å². The summed E-state index contributed by atoms with van der Waals surface area (Å²) in [4.78, 5) is 31.9. The molecule has 1 saturated carbocycles. The molecule has 34 heavy (non-hydrogen) atoms. The maximum Gasteiger partial charge on any atom is 0.254 e. The number of carbonyl (C=O) groups excluding carboxylic acids is 2. The van der Waals surface area contributed by atoms with E-state index in [0.717, 1.165) is 18.4 Å². The minimum Gasteiger partial charge on any atom is -0.350 e. The number of nitrogens with one attached hydrogen (secondary N) is 1. The number of amides is 2. The fourth-order valence-electron chi connectivity index (χ4n) is 4.35. The van der Waals surface area contributed by atoms with Gasteiger partial charge in [-0.2, -0.15) is 5.26 Å². The van der Waals surface area contributed by atoms with Crippen molar-refractivity contribution in [2.24, 2.45) is 5.92 Å². The molecule has 1 aromatic heterocycles. The molecule has 1 N–H and O–H groups in total. The van der Waals surface area contributed by atoms with Crippen LogP contribution in [0.25, 0.3) is 0 Å². The molecule has 1 aromatic carbocycles. The molecule has 1 saturated heterocycles. The Morgan fingerprint density at radius 2 is 2.00 bits per heavy atom. The number of hydrogen-bond acceptors (Lipinski definition) is 6. The fourth-order valence-corrected chi connectivity index (χ4v) is 6.38. The van der Waals surface area contributed by atoms with Crippen LogP contribution in [0.15, 0.2) is 47.5 Å². The SMILES string of the molecule is N#CC1CC(S(=O)(=O)c2cccc(C(=O)N3CCCC[C@@H]3C(=O)NCc3ccc(Cl)nc3)c2)C1. The second-order valence-corrected chi connectivity index (χ2v) is 11.3. The highest BCUT2D eigenvalue weighted by Gasteiger charge is 2.40. The Kier molecular flexibility index (Phi) is 7.19. The Balaban J connectivity index is 1.47. The normalized spacial score (nSPS) is 22.4. The average molecular weight is 501 g/mol. The number of sulfone groups is 1. The summed E-state index contributed by atoms with van der Waals surface area (Å²) < 4.78 is 25.9. The number of benzene rings is 1. The van der Waals surface area contributed by atoms with Crippen LogP contribution in [0.2, 0.25) is 5.15 Å². The Bertz CT molecular complexity index is 1220. The topological polar surface area (TPSA) is 120 Å². The molecule has 1 atom stereocenters. The van der Waals surface area contributed by atoms with Crippen LogP contribution in [-0.2, 0) is 21.2 Å². The number of pyridine rings is 1. The highest BCUT2D eigenvalue weighted by Crippen LogP contribution is 2.36. The molecule has 0 bridgehead atoms. The van der Waals surface area contributed by atoms with Crippen LogP contribution >= 0.6 is 11.6 Å². The molecule has 1 aliphatic heterocycles. The van der Waals surface area contributed by atoms with Crippen molar-refractivity contribution in [1.29, 1.82) is 5.26 Å². The van der Waals surface area contributed by atoms with Crippen LogP contribution in [-0.4, -0.2) is 48.0 Å². The first-order valence-corrected chi connectivity index (χ1v) is 13.1.